The molecule has 2 aromatic heterocycles. The molecule has 3 heterocycles. The number of para-hydroxylation sites is 4. The first-order valence-electron chi connectivity index (χ1n) is 17.6. The average Bonchev–Trinajstić information content (AvgIpc) is 3.74. The summed E-state index contributed by atoms with van der Waals surface area (Å²) in [6, 6.07) is 30.9. The standard InChI is InChI=1S/C27H25IN2O4.C14H11FN2/c31-25-24(26(32)34-27(33-25)19-10-17-9-18(12-19)13-20(27)11-17)28-21-7-5-16(6-8-21)14-30-15-29-22-3-1-2-4-23(22)30;15-12-7-5-11(6-8-12)9-17-10-16-13-3-1-2-4-14(13)17/h1-8,15,17-20H,9-14H2;1-8,10H,9H2/p+1/i;15-1. The Bertz CT molecular complexity index is 2240. The van der Waals surface area contributed by atoms with Crippen molar-refractivity contribution in [2.45, 2.75) is 51.0 Å². The van der Waals surface area contributed by atoms with Gasteiger partial charge in [0.1, 0.15) is 12.4 Å². The maximum Gasteiger partial charge on any atom is 0.354 e. The van der Waals surface area contributed by atoms with Gasteiger partial charge in [-0.2, -0.15) is 0 Å². The van der Waals surface area contributed by atoms with Gasteiger partial charge in [0.25, 0.3) is 5.79 Å². The Labute approximate surface area is 304 Å². The maximum absolute atomic E-state index is 13.1. The SMILES string of the molecule is O=C1OC2(OC(=O)C1=Ic1ccc(C[n+]3c[nH]c4ccccc43)cc1)C1CC3CC(C1)CC2C3.[18F]c1ccc(Cn2cnc3ccccc32)cc1. The second kappa shape index (κ2) is 13.1. The third-order valence-electron chi connectivity index (χ3n) is 11.0. The number of H-pyrrole nitrogens is 1. The maximum atomic E-state index is 13.1. The topological polar surface area (TPSA) is 90.1 Å². The molecule has 0 atom stereocenters. The minimum Gasteiger partial charge on any atom is -0.418 e. The highest BCUT2D eigenvalue weighted by molar-refractivity contribution is 14.2. The van der Waals surface area contributed by atoms with E-state index < -0.39 is 38.5 Å². The molecule has 4 aromatic carbocycles. The summed E-state index contributed by atoms with van der Waals surface area (Å²) >= 11 is -0.968. The molecule has 6 aromatic rings. The lowest BCUT2D eigenvalue weighted by Crippen LogP contribution is -2.65. The lowest BCUT2D eigenvalue weighted by Gasteiger charge is -2.59. The Morgan fingerprint density at radius 1 is 0.804 bits per heavy atom. The Balaban J connectivity index is 0.000000172. The van der Waals surface area contributed by atoms with Crippen LogP contribution in [0.1, 0.15) is 43.2 Å². The van der Waals surface area contributed by atoms with Gasteiger partial charge in [-0.3, -0.25) is 0 Å². The molecule has 4 saturated carbocycles. The van der Waals surface area contributed by atoms with Gasteiger partial charge >= 0.3 is 11.9 Å². The van der Waals surface area contributed by atoms with Crippen LogP contribution in [-0.4, -0.2) is 35.8 Å². The first-order valence-corrected chi connectivity index (χ1v) is 19.7. The number of imidazole rings is 2. The van der Waals surface area contributed by atoms with Crippen molar-refractivity contribution in [3.8, 4) is 0 Å². The normalized spacial score (nSPS) is 24.8. The van der Waals surface area contributed by atoms with Crippen molar-refractivity contribution in [2.75, 3.05) is 0 Å². The van der Waals surface area contributed by atoms with Crippen LogP contribution < -0.4 is 4.57 Å². The minimum atomic E-state index is -0.991. The summed E-state index contributed by atoms with van der Waals surface area (Å²) in [5, 5.41) is 0. The Morgan fingerprint density at radius 2 is 1.45 bits per heavy atom. The van der Waals surface area contributed by atoms with Gasteiger partial charge in [0, 0.05) is 22.0 Å². The van der Waals surface area contributed by atoms with Gasteiger partial charge in [0.05, 0.1) is 17.4 Å². The summed E-state index contributed by atoms with van der Waals surface area (Å²) in [7, 11) is 0. The summed E-state index contributed by atoms with van der Waals surface area (Å²) in [6.45, 7) is 1.46. The van der Waals surface area contributed by atoms with Crippen LogP contribution in [0.25, 0.3) is 22.1 Å². The minimum absolute atomic E-state index is 0.178. The number of benzene rings is 4. The molecule has 51 heavy (non-hydrogen) atoms. The number of hydrogen-bond acceptors (Lipinski definition) is 5. The van der Waals surface area contributed by atoms with Crippen LogP contribution in [0.4, 0.5) is 4.39 Å². The lowest BCUT2D eigenvalue weighted by atomic mass is 9.53. The predicted molar refractivity (Wildman–Crippen MR) is 199 cm³/mol. The summed E-state index contributed by atoms with van der Waals surface area (Å²) in [5.41, 5.74) is 6.56. The van der Waals surface area contributed by atoms with E-state index in [0.717, 1.165) is 69.0 Å². The molecule has 5 aliphatic rings. The molecule has 10 heteroatoms. The van der Waals surface area contributed by atoms with E-state index in [0.29, 0.717) is 18.4 Å². The van der Waals surface area contributed by atoms with E-state index in [-0.39, 0.29) is 21.2 Å². The number of carbonyl (C=O) groups is 2. The van der Waals surface area contributed by atoms with Crippen molar-refractivity contribution in [1.82, 2.24) is 14.5 Å². The number of esters is 2. The number of carbonyl (C=O) groups excluding carboxylic acids is 2. The van der Waals surface area contributed by atoms with Crippen LogP contribution in [0.3, 0.4) is 0 Å². The molecular weight excluding hydrogens is 757 g/mol. The molecule has 8 nitrogen and oxygen atoms in total. The summed E-state index contributed by atoms with van der Waals surface area (Å²) in [4.78, 5) is 33.8. The number of aromatic nitrogens is 4. The monoisotopic (exact) mass is 794 g/mol. The summed E-state index contributed by atoms with van der Waals surface area (Å²) in [6.07, 6.45) is 9.18. The Kier molecular flexibility index (Phi) is 8.29. The zero-order valence-electron chi connectivity index (χ0n) is 27.9. The molecule has 0 unspecified atom stereocenters. The van der Waals surface area contributed by atoms with Crippen molar-refractivity contribution in [2.24, 2.45) is 23.7 Å². The molecule has 258 valence electrons. The third-order valence-corrected chi connectivity index (χ3v) is 13.8. The number of nitrogens with one attached hydrogen (secondary N) is 1. The van der Waals surface area contributed by atoms with Gasteiger partial charge in [0.2, 0.25) is 6.33 Å². The quantitative estimate of drug-likeness (QED) is 0.113. The molecule has 0 radical (unpaired) electrons. The number of ether oxygens (including phenoxy) is 2. The Morgan fingerprint density at radius 3 is 2.18 bits per heavy atom. The molecular formula is C41H37FIN4O4+. The van der Waals surface area contributed by atoms with E-state index in [1.807, 2.05) is 61.2 Å². The predicted octanol–water partition coefficient (Wildman–Crippen LogP) is 7.29. The van der Waals surface area contributed by atoms with E-state index in [1.165, 1.54) is 18.6 Å². The molecule has 5 fully saturated rings. The largest absolute Gasteiger partial charge is 0.418 e. The van der Waals surface area contributed by atoms with E-state index in [2.05, 4.69) is 43.4 Å². The van der Waals surface area contributed by atoms with Crippen LogP contribution >= 0.6 is 20.7 Å². The van der Waals surface area contributed by atoms with Crippen LogP contribution in [0.2, 0.25) is 0 Å². The third kappa shape index (κ3) is 6.17. The van der Waals surface area contributed by atoms with Crippen molar-refractivity contribution in [3.05, 3.63) is 130 Å². The van der Waals surface area contributed by atoms with Gasteiger partial charge < -0.3 is 14.0 Å². The van der Waals surface area contributed by atoms with Gasteiger partial charge in [-0.1, -0.05) is 69.3 Å². The number of fused-ring (bicyclic) bond motifs is 2. The smallest absolute Gasteiger partial charge is 0.354 e. The molecule has 0 amide bonds. The van der Waals surface area contributed by atoms with Gasteiger partial charge in [-0.25, -0.2) is 28.5 Å². The van der Waals surface area contributed by atoms with Gasteiger partial charge in [0.15, 0.2) is 14.5 Å². The number of halogens is 2. The molecule has 1 aliphatic heterocycles. The highest BCUT2D eigenvalue weighted by Crippen LogP contribution is 2.60. The zero-order valence-corrected chi connectivity index (χ0v) is 30.0. The average molecular weight is 795 g/mol. The first kappa shape index (κ1) is 32.2. The molecule has 11 rings (SSSR count). The molecule has 1 saturated heterocycles. The van der Waals surface area contributed by atoms with Crippen molar-refractivity contribution < 1.29 is 28.0 Å². The fourth-order valence-electron chi connectivity index (χ4n) is 8.81. The van der Waals surface area contributed by atoms with E-state index >= 15 is 0 Å². The van der Waals surface area contributed by atoms with Gasteiger partial charge in [-0.05, 0) is 104 Å². The van der Waals surface area contributed by atoms with Crippen molar-refractivity contribution in [3.63, 3.8) is 0 Å². The first-order chi connectivity index (χ1) is 24.9. The number of nitrogens with zero attached hydrogens (tertiary/aromatic N) is 3. The fraction of sp³-hybridized carbons (Fsp3) is 0.293. The molecule has 1 spiro atoms. The summed E-state index contributed by atoms with van der Waals surface area (Å²) in [5.74, 6) is -0.284. The van der Waals surface area contributed by atoms with E-state index in [9.17, 15) is 14.0 Å². The van der Waals surface area contributed by atoms with Crippen LogP contribution in [0.5, 0.6) is 0 Å². The number of rotatable bonds is 5. The van der Waals surface area contributed by atoms with Gasteiger partial charge in [-0.15, -0.1) is 0 Å². The summed E-state index contributed by atoms with van der Waals surface area (Å²) < 4.78 is 30.3. The Hall–Kier alpha value is -4.71. The number of aromatic amines is 1. The second-order valence-electron chi connectivity index (χ2n) is 14.2. The van der Waals surface area contributed by atoms with Crippen molar-refractivity contribution in [1.29, 1.82) is 0 Å². The van der Waals surface area contributed by atoms with E-state index in [1.54, 1.807) is 12.1 Å². The van der Waals surface area contributed by atoms with Crippen LogP contribution in [0, 0.1) is 33.1 Å². The highest BCUT2D eigenvalue weighted by atomic mass is 127. The molecule has 4 aliphatic carbocycles. The molecule has 4 bridgehead atoms. The number of hydrogen-bond donors (Lipinski definition) is 1. The molecule has 1 N–H and O–H groups in total. The van der Waals surface area contributed by atoms with E-state index in [4.69, 9.17) is 9.47 Å². The zero-order chi connectivity index (χ0) is 34.5. The lowest BCUT2D eigenvalue weighted by molar-refractivity contribution is -0.662. The van der Waals surface area contributed by atoms with Crippen LogP contribution in [0.15, 0.2) is 110 Å². The fourth-order valence-corrected chi connectivity index (χ4v) is 10.8. The second-order valence-corrected chi connectivity index (χ2v) is 17.1. The highest BCUT2D eigenvalue weighted by Gasteiger charge is 2.64. The van der Waals surface area contributed by atoms with Crippen molar-refractivity contribution >= 4 is 58.2 Å². The van der Waals surface area contributed by atoms with Crippen LogP contribution in [-0.2, 0) is 32.2 Å².